The van der Waals surface area contributed by atoms with E-state index in [4.69, 9.17) is 36.6 Å². The number of anilines is 1. The van der Waals surface area contributed by atoms with Crippen LogP contribution in [0.4, 0.5) is 10.2 Å². The maximum atomic E-state index is 14.0. The summed E-state index contributed by atoms with van der Waals surface area (Å²) in [6, 6.07) is 0. The summed E-state index contributed by atoms with van der Waals surface area (Å²) in [7, 11) is -4.14. The summed E-state index contributed by atoms with van der Waals surface area (Å²) < 4.78 is 53.2. The Hall–Kier alpha value is -1.23. The smallest absolute Gasteiger partial charge is 0.393 e. The van der Waals surface area contributed by atoms with Crippen LogP contribution in [0.15, 0.2) is 25.3 Å². The molecule has 242 valence electrons. The molecule has 43 heavy (non-hydrogen) atoms. The molecule has 0 bridgehead atoms. The van der Waals surface area contributed by atoms with Crippen molar-refractivity contribution in [2.24, 2.45) is 0 Å². The van der Waals surface area contributed by atoms with Crippen molar-refractivity contribution in [1.82, 2.24) is 19.5 Å². The fourth-order valence-electron chi connectivity index (χ4n) is 4.60. The standard InChI is InChI=1S/C20H30FN5O13P2S2/c1-3-20(35-2)15(31)9(43-19(20)26-7-25-10-16(22)23-6-24-17(10)26)5-36-41(34,42)39-40(32,33)38-18-13(30)11(28)12(29)14(37-18)8(21)4-27/h3,6-9,11-15,18-19,27-31H,1,4-5H2,2H3,(H,32,33)(H,34,42)(H2,22,23,24)/t8-,9+,11?,12?,13?,14?,15+,18?,19+,20+,41?/m0/s1. The number of nitrogen functional groups attached to an aromatic ring is 1. The monoisotopic (exact) mass is 693 g/mol. The van der Waals surface area contributed by atoms with E-state index in [1.54, 1.807) is 4.57 Å². The molecule has 4 rings (SSSR count). The number of imidazole rings is 1. The van der Waals surface area contributed by atoms with Crippen LogP contribution < -0.4 is 5.73 Å². The van der Waals surface area contributed by atoms with Crippen molar-refractivity contribution >= 4 is 55.1 Å². The number of aromatic nitrogens is 4. The highest BCUT2D eigenvalue weighted by molar-refractivity contribution is 8.08. The first-order valence-electron chi connectivity index (χ1n) is 12.2. The molecular formula is C20H30FN5O13P2S2. The SMILES string of the molecule is C=C[C@@]1(OC)[C@H](O)[C@@H](COP(O)(=S)OP(=O)(O)OC2OC([C@@H](F)CO)C(O)C(O)C2O)S[C@H]1n1cnc2c(N)ncnc21. The number of hydrogen-bond donors (Lipinski definition) is 8. The van der Waals surface area contributed by atoms with Crippen molar-refractivity contribution in [3.8, 4) is 0 Å². The first-order chi connectivity index (χ1) is 20.1. The highest BCUT2D eigenvalue weighted by atomic mass is 32.5. The Bertz CT molecular complexity index is 1410. The second-order valence-electron chi connectivity index (χ2n) is 9.38. The number of halogens is 1. The Morgan fingerprint density at radius 2 is 1.98 bits per heavy atom. The number of fused-ring (bicyclic) bond motifs is 1. The molecule has 2 aliphatic heterocycles. The van der Waals surface area contributed by atoms with Gasteiger partial charge >= 0.3 is 14.5 Å². The zero-order valence-electron chi connectivity index (χ0n) is 22.1. The molecule has 2 fully saturated rings. The van der Waals surface area contributed by atoms with Gasteiger partial charge in [0.25, 0.3) is 0 Å². The third-order valence-electron chi connectivity index (χ3n) is 6.80. The van der Waals surface area contributed by atoms with Crippen molar-refractivity contribution < 1.29 is 67.1 Å². The molecule has 0 spiro atoms. The number of methoxy groups -OCH3 is 1. The molecule has 0 saturated carbocycles. The number of phosphoric acid groups is 1. The van der Waals surface area contributed by atoms with Gasteiger partial charge < -0.3 is 55.1 Å². The lowest BCUT2D eigenvalue weighted by atomic mass is 9.94. The number of nitrogens with two attached hydrogens (primary N) is 1. The van der Waals surface area contributed by atoms with E-state index in [2.05, 4.69) is 30.4 Å². The molecule has 9 N–H and O–H groups in total. The van der Waals surface area contributed by atoms with Gasteiger partial charge in [0.15, 0.2) is 23.9 Å². The van der Waals surface area contributed by atoms with Crippen LogP contribution in [0.25, 0.3) is 11.2 Å². The number of ether oxygens (including phenoxy) is 2. The van der Waals surface area contributed by atoms with E-state index in [0.29, 0.717) is 11.2 Å². The number of alkyl halides is 1. The Labute approximate surface area is 252 Å². The average molecular weight is 694 g/mol. The van der Waals surface area contributed by atoms with Crippen molar-refractivity contribution in [2.45, 2.75) is 59.2 Å². The summed E-state index contributed by atoms with van der Waals surface area (Å²) in [6.07, 6.45) is -10.2. The average Bonchev–Trinajstić information content (AvgIpc) is 3.50. The number of hydrogen-bond acceptors (Lipinski definition) is 17. The minimum Gasteiger partial charge on any atom is -0.393 e. The summed E-state index contributed by atoms with van der Waals surface area (Å²) >= 11 is 5.90. The van der Waals surface area contributed by atoms with Gasteiger partial charge in [0.2, 0.25) is 0 Å². The molecule has 2 saturated heterocycles. The van der Waals surface area contributed by atoms with Crippen LogP contribution in [0.5, 0.6) is 0 Å². The molecule has 2 aliphatic rings. The number of aliphatic hydroxyl groups is 5. The summed E-state index contributed by atoms with van der Waals surface area (Å²) in [5.41, 5.74) is 5.03. The Morgan fingerprint density at radius 1 is 1.28 bits per heavy atom. The van der Waals surface area contributed by atoms with Crippen LogP contribution in [0, 0.1) is 0 Å². The van der Waals surface area contributed by atoms with Gasteiger partial charge in [-0.1, -0.05) is 6.08 Å². The van der Waals surface area contributed by atoms with E-state index in [1.807, 2.05) is 0 Å². The van der Waals surface area contributed by atoms with Crippen LogP contribution >= 0.6 is 26.3 Å². The van der Waals surface area contributed by atoms with Gasteiger partial charge in [-0.25, -0.2) is 28.2 Å². The predicted molar refractivity (Wildman–Crippen MR) is 149 cm³/mol. The maximum absolute atomic E-state index is 14.0. The fraction of sp³-hybridized carbons (Fsp3) is 0.650. The van der Waals surface area contributed by atoms with Crippen molar-refractivity contribution in [2.75, 3.05) is 26.1 Å². The summed E-state index contributed by atoms with van der Waals surface area (Å²) in [5.74, 6) is 0.118. The molecule has 23 heteroatoms. The highest BCUT2D eigenvalue weighted by Crippen LogP contribution is 2.62. The lowest BCUT2D eigenvalue weighted by molar-refractivity contribution is -0.287. The molecule has 18 nitrogen and oxygen atoms in total. The predicted octanol–water partition coefficient (Wildman–Crippen LogP) is -1.54. The lowest BCUT2D eigenvalue weighted by Crippen LogP contribution is -2.60. The van der Waals surface area contributed by atoms with Crippen molar-refractivity contribution in [1.29, 1.82) is 0 Å². The molecule has 0 aliphatic carbocycles. The number of nitrogens with zero attached hydrogens (tertiary/aromatic N) is 4. The van der Waals surface area contributed by atoms with E-state index < -0.39 is 87.0 Å². The quantitative estimate of drug-likeness (QED) is 0.0924. The van der Waals surface area contributed by atoms with Crippen molar-refractivity contribution in [3.05, 3.63) is 25.3 Å². The Morgan fingerprint density at radius 3 is 2.60 bits per heavy atom. The second kappa shape index (κ2) is 13.2. The number of rotatable bonds is 12. The molecule has 4 heterocycles. The minimum absolute atomic E-state index is 0.118. The Kier molecular flexibility index (Phi) is 10.7. The minimum atomic E-state index is -5.47. The van der Waals surface area contributed by atoms with Crippen LogP contribution in [0.1, 0.15) is 5.37 Å². The van der Waals surface area contributed by atoms with Crippen LogP contribution in [-0.4, -0.2) is 129 Å². The molecule has 7 unspecified atom stereocenters. The van der Waals surface area contributed by atoms with Gasteiger partial charge in [-0.15, -0.1) is 18.3 Å². The lowest BCUT2D eigenvalue weighted by Gasteiger charge is -2.41. The van der Waals surface area contributed by atoms with Gasteiger partial charge in [0.1, 0.15) is 53.3 Å². The Balaban J connectivity index is 1.46. The molecule has 12 atom stereocenters. The van der Waals surface area contributed by atoms with Gasteiger partial charge in [-0.05, 0) is 11.8 Å². The van der Waals surface area contributed by atoms with E-state index >= 15 is 0 Å². The van der Waals surface area contributed by atoms with E-state index in [-0.39, 0.29) is 5.82 Å². The topological polar surface area (TPSA) is 274 Å². The zero-order valence-corrected chi connectivity index (χ0v) is 25.5. The number of thioether (sulfide) groups is 1. The molecule has 0 radical (unpaired) electrons. The number of phosphoric ester groups is 1. The zero-order chi connectivity index (χ0) is 31.9. The second-order valence-corrected chi connectivity index (χ2v) is 15.1. The summed E-state index contributed by atoms with van der Waals surface area (Å²) in [5, 5.41) is 48.5. The highest BCUT2D eigenvalue weighted by Gasteiger charge is 2.56. The summed E-state index contributed by atoms with van der Waals surface area (Å²) in [4.78, 5) is 33.0. The number of aliphatic hydroxyl groups excluding tert-OH is 5. The van der Waals surface area contributed by atoms with Gasteiger partial charge in [-0.2, -0.15) is 0 Å². The summed E-state index contributed by atoms with van der Waals surface area (Å²) in [6.45, 7) is -2.59. The molecule has 2 aromatic heterocycles. The van der Waals surface area contributed by atoms with E-state index in [1.165, 1.54) is 25.8 Å². The molecule has 0 aromatic carbocycles. The van der Waals surface area contributed by atoms with Gasteiger partial charge in [0, 0.05) is 7.11 Å². The largest absolute Gasteiger partial charge is 0.481 e. The van der Waals surface area contributed by atoms with E-state index in [9.17, 15) is 39.2 Å². The van der Waals surface area contributed by atoms with Crippen LogP contribution in [0.2, 0.25) is 0 Å². The molecule has 0 amide bonds. The third-order valence-corrected chi connectivity index (χ3v) is 11.9. The normalized spacial score (nSPS) is 36.7. The third kappa shape index (κ3) is 6.82. The first-order valence-corrected chi connectivity index (χ1v) is 17.2. The first kappa shape index (κ1) is 34.6. The maximum Gasteiger partial charge on any atom is 0.481 e. The molecular weight excluding hydrogens is 663 g/mol. The van der Waals surface area contributed by atoms with Crippen LogP contribution in [-0.2, 0) is 39.2 Å². The van der Waals surface area contributed by atoms with Gasteiger partial charge in [-0.3, -0.25) is 9.09 Å². The van der Waals surface area contributed by atoms with E-state index in [0.717, 1.165) is 11.8 Å². The van der Waals surface area contributed by atoms with Crippen LogP contribution in [0.3, 0.4) is 0 Å². The van der Waals surface area contributed by atoms with Crippen molar-refractivity contribution in [3.63, 3.8) is 0 Å². The van der Waals surface area contributed by atoms with Gasteiger partial charge in [0.05, 0.1) is 24.8 Å². The fourth-order valence-corrected chi connectivity index (χ4v) is 9.48. The molecule has 2 aromatic rings.